The first-order chi connectivity index (χ1) is 5.61. The summed E-state index contributed by atoms with van der Waals surface area (Å²) in [6.45, 7) is 5.83. The number of hydrogen-bond donors (Lipinski definition) is 2. The SMILES string of the molecule is C=C(/C=C(\C=C/C)C(=O)S)CN. The van der Waals surface area contributed by atoms with Crippen molar-refractivity contribution in [3.05, 3.63) is 36.0 Å². The van der Waals surface area contributed by atoms with Gasteiger partial charge in [0.1, 0.15) is 0 Å². The fourth-order valence-corrected chi connectivity index (χ4v) is 0.779. The minimum atomic E-state index is -0.275. The molecule has 0 saturated heterocycles. The molecular formula is C9H13NOS. The molecule has 2 N–H and O–H groups in total. The van der Waals surface area contributed by atoms with Crippen LogP contribution in [0.15, 0.2) is 36.0 Å². The normalized spacial score (nSPS) is 12.1. The van der Waals surface area contributed by atoms with Crippen molar-refractivity contribution in [1.29, 1.82) is 0 Å². The van der Waals surface area contributed by atoms with E-state index in [-0.39, 0.29) is 5.12 Å². The minimum absolute atomic E-state index is 0.275. The molecule has 3 heteroatoms. The van der Waals surface area contributed by atoms with Crippen molar-refractivity contribution in [2.24, 2.45) is 5.73 Å². The van der Waals surface area contributed by atoms with Gasteiger partial charge in [-0.05, 0) is 18.6 Å². The second-order valence-corrected chi connectivity index (χ2v) is 2.67. The zero-order valence-corrected chi connectivity index (χ0v) is 7.97. The first kappa shape index (κ1) is 11.2. The molecule has 0 aromatic carbocycles. The highest BCUT2D eigenvalue weighted by molar-refractivity contribution is 7.97. The van der Waals surface area contributed by atoms with Crippen LogP contribution in [-0.4, -0.2) is 11.7 Å². The lowest BCUT2D eigenvalue weighted by atomic mass is 10.2. The van der Waals surface area contributed by atoms with E-state index in [1.807, 2.05) is 6.92 Å². The Hall–Kier alpha value is -0.800. The van der Waals surface area contributed by atoms with Crippen LogP contribution in [0, 0.1) is 0 Å². The van der Waals surface area contributed by atoms with Crippen LogP contribution in [0.1, 0.15) is 6.92 Å². The van der Waals surface area contributed by atoms with Gasteiger partial charge in [0.15, 0.2) is 0 Å². The Morgan fingerprint density at radius 1 is 1.67 bits per heavy atom. The van der Waals surface area contributed by atoms with Gasteiger partial charge in [0.25, 0.3) is 0 Å². The van der Waals surface area contributed by atoms with Crippen molar-refractivity contribution in [3.8, 4) is 0 Å². The summed E-state index contributed by atoms with van der Waals surface area (Å²) in [5, 5.41) is -0.275. The molecule has 0 fully saturated rings. The molecule has 0 spiro atoms. The number of nitrogens with two attached hydrogens (primary N) is 1. The Morgan fingerprint density at radius 2 is 2.25 bits per heavy atom. The molecule has 0 aliphatic rings. The van der Waals surface area contributed by atoms with E-state index in [9.17, 15) is 4.79 Å². The fraction of sp³-hybridized carbons (Fsp3) is 0.222. The number of thiol groups is 1. The number of rotatable bonds is 4. The maximum atomic E-state index is 10.8. The third-order valence-electron chi connectivity index (χ3n) is 1.21. The first-order valence-electron chi connectivity index (χ1n) is 3.57. The maximum absolute atomic E-state index is 10.8. The molecule has 0 heterocycles. The highest BCUT2D eigenvalue weighted by Crippen LogP contribution is 2.05. The lowest BCUT2D eigenvalue weighted by molar-refractivity contribution is -0.107. The highest BCUT2D eigenvalue weighted by Gasteiger charge is 1.99. The topological polar surface area (TPSA) is 43.1 Å². The van der Waals surface area contributed by atoms with Gasteiger partial charge in [-0.2, -0.15) is 0 Å². The first-order valence-corrected chi connectivity index (χ1v) is 4.02. The summed E-state index contributed by atoms with van der Waals surface area (Å²) in [5.41, 5.74) is 6.54. The van der Waals surface area contributed by atoms with E-state index in [1.54, 1.807) is 18.2 Å². The quantitative estimate of drug-likeness (QED) is 0.393. The zero-order valence-electron chi connectivity index (χ0n) is 7.08. The average Bonchev–Trinajstić information content (AvgIpc) is 2.03. The Kier molecular flexibility index (Phi) is 5.41. The van der Waals surface area contributed by atoms with E-state index >= 15 is 0 Å². The molecule has 2 nitrogen and oxygen atoms in total. The molecule has 0 rings (SSSR count). The van der Waals surface area contributed by atoms with E-state index in [1.165, 1.54) is 0 Å². The smallest absolute Gasteiger partial charge is 0.216 e. The Balaban J connectivity index is 4.61. The highest BCUT2D eigenvalue weighted by atomic mass is 32.1. The second kappa shape index (κ2) is 5.80. The van der Waals surface area contributed by atoms with Gasteiger partial charge < -0.3 is 5.73 Å². The van der Waals surface area contributed by atoms with E-state index in [2.05, 4.69) is 19.2 Å². The summed E-state index contributed by atoms with van der Waals surface area (Å²) >= 11 is 3.70. The summed E-state index contributed by atoms with van der Waals surface area (Å²) in [6.07, 6.45) is 5.08. The van der Waals surface area contributed by atoms with Gasteiger partial charge in [-0.1, -0.05) is 18.7 Å². The molecule has 0 aromatic rings. The van der Waals surface area contributed by atoms with Crippen LogP contribution in [0.2, 0.25) is 0 Å². The third kappa shape index (κ3) is 4.16. The van der Waals surface area contributed by atoms with Crippen LogP contribution >= 0.6 is 12.6 Å². The molecule has 0 radical (unpaired) electrons. The van der Waals surface area contributed by atoms with Crippen molar-refractivity contribution in [3.63, 3.8) is 0 Å². The van der Waals surface area contributed by atoms with Crippen LogP contribution in [0.4, 0.5) is 0 Å². The van der Waals surface area contributed by atoms with Crippen molar-refractivity contribution in [2.45, 2.75) is 6.92 Å². The van der Waals surface area contributed by atoms with Gasteiger partial charge in [0, 0.05) is 12.1 Å². The molecule has 66 valence electrons. The van der Waals surface area contributed by atoms with Crippen LogP contribution < -0.4 is 5.73 Å². The molecule has 0 bridgehead atoms. The average molecular weight is 183 g/mol. The Labute approximate surface area is 78.2 Å². The van der Waals surface area contributed by atoms with Gasteiger partial charge in [-0.15, -0.1) is 12.6 Å². The summed E-state index contributed by atoms with van der Waals surface area (Å²) in [7, 11) is 0. The van der Waals surface area contributed by atoms with Crippen molar-refractivity contribution < 1.29 is 4.79 Å². The monoisotopic (exact) mass is 183 g/mol. The number of carbonyl (C=O) groups excluding carboxylic acids is 1. The van der Waals surface area contributed by atoms with Crippen LogP contribution in [0.25, 0.3) is 0 Å². The molecule has 0 atom stereocenters. The molecule has 0 saturated carbocycles. The van der Waals surface area contributed by atoms with Gasteiger partial charge >= 0.3 is 0 Å². The third-order valence-corrected chi connectivity index (χ3v) is 1.47. The lowest BCUT2D eigenvalue weighted by Gasteiger charge is -1.96. The molecule has 0 aliphatic carbocycles. The van der Waals surface area contributed by atoms with Crippen molar-refractivity contribution >= 4 is 17.7 Å². The number of hydrogen-bond acceptors (Lipinski definition) is 2. The summed E-state index contributed by atoms with van der Waals surface area (Å²) in [6, 6.07) is 0. The van der Waals surface area contributed by atoms with Gasteiger partial charge in [-0.25, -0.2) is 0 Å². The largest absolute Gasteiger partial charge is 0.327 e. The second-order valence-electron chi connectivity index (χ2n) is 2.27. The van der Waals surface area contributed by atoms with Crippen LogP contribution in [0.5, 0.6) is 0 Å². The zero-order chi connectivity index (χ0) is 9.56. The Bertz CT molecular complexity index is 241. The molecule has 0 amide bonds. The summed E-state index contributed by atoms with van der Waals surface area (Å²) < 4.78 is 0. The number of carbonyl (C=O) groups is 1. The van der Waals surface area contributed by atoms with Crippen LogP contribution in [-0.2, 0) is 4.79 Å². The standard InChI is InChI=1S/C9H13NOS/c1-3-4-8(9(11)12)5-7(2)6-10/h3-5H,2,6,10H2,1H3,(H,11,12)/b4-3-,8-5+. The van der Waals surface area contributed by atoms with E-state index in [0.717, 1.165) is 0 Å². The molecule has 0 aliphatic heterocycles. The van der Waals surface area contributed by atoms with Gasteiger partial charge in [0.05, 0.1) is 0 Å². The van der Waals surface area contributed by atoms with Crippen molar-refractivity contribution in [1.82, 2.24) is 0 Å². The van der Waals surface area contributed by atoms with Gasteiger partial charge in [0.2, 0.25) is 5.12 Å². The fourth-order valence-electron chi connectivity index (χ4n) is 0.640. The van der Waals surface area contributed by atoms with Gasteiger partial charge in [-0.3, -0.25) is 4.79 Å². The maximum Gasteiger partial charge on any atom is 0.216 e. The number of allylic oxidation sites excluding steroid dienone is 2. The minimum Gasteiger partial charge on any atom is -0.327 e. The lowest BCUT2D eigenvalue weighted by Crippen LogP contribution is -2.01. The van der Waals surface area contributed by atoms with E-state index < -0.39 is 0 Å². The summed E-state index contributed by atoms with van der Waals surface area (Å²) in [4.78, 5) is 10.8. The molecular weight excluding hydrogens is 170 g/mol. The molecule has 0 aromatic heterocycles. The van der Waals surface area contributed by atoms with E-state index in [0.29, 0.717) is 17.7 Å². The predicted octanol–water partition coefficient (Wildman–Crippen LogP) is 1.46. The molecule has 12 heavy (non-hydrogen) atoms. The van der Waals surface area contributed by atoms with E-state index in [4.69, 9.17) is 5.73 Å². The predicted molar refractivity (Wildman–Crippen MR) is 55.1 cm³/mol. The van der Waals surface area contributed by atoms with Crippen molar-refractivity contribution in [2.75, 3.05) is 6.54 Å². The summed E-state index contributed by atoms with van der Waals surface area (Å²) in [5.74, 6) is 0. The van der Waals surface area contributed by atoms with Crippen LogP contribution in [0.3, 0.4) is 0 Å². The Morgan fingerprint density at radius 3 is 2.58 bits per heavy atom. The molecule has 0 unspecified atom stereocenters.